The van der Waals surface area contributed by atoms with Gasteiger partial charge >= 0.3 is 0 Å². The van der Waals surface area contributed by atoms with Crippen LogP contribution in [-0.2, 0) is 5.41 Å². The maximum absolute atomic E-state index is 13.6. The van der Waals surface area contributed by atoms with Gasteiger partial charge in [0.15, 0.2) is 5.96 Å². The molecule has 6 heteroatoms. The number of nitrogens with zero attached hydrogens (tertiary/aromatic N) is 2. The molecule has 1 saturated heterocycles. The SMILES string of the molecule is CCNC(=NCC1(c2cccc(F)c2)CC1)NCC1CCCN(CC)C1.I. The van der Waals surface area contributed by atoms with E-state index in [1.807, 2.05) is 6.07 Å². The monoisotopic (exact) mass is 488 g/mol. The van der Waals surface area contributed by atoms with Crippen molar-refractivity contribution >= 4 is 29.9 Å². The molecule has 1 atom stereocenters. The number of hydrogen-bond acceptors (Lipinski definition) is 2. The van der Waals surface area contributed by atoms with Crippen LogP contribution in [0.3, 0.4) is 0 Å². The van der Waals surface area contributed by atoms with Gasteiger partial charge < -0.3 is 15.5 Å². The van der Waals surface area contributed by atoms with E-state index in [-0.39, 0.29) is 35.2 Å². The third kappa shape index (κ3) is 6.31. The van der Waals surface area contributed by atoms with Crippen LogP contribution in [0, 0.1) is 11.7 Å². The average molecular weight is 488 g/mol. The molecule has 2 N–H and O–H groups in total. The van der Waals surface area contributed by atoms with Crippen molar-refractivity contribution in [2.75, 3.05) is 39.3 Å². The summed E-state index contributed by atoms with van der Waals surface area (Å²) < 4.78 is 13.6. The van der Waals surface area contributed by atoms with Crippen molar-refractivity contribution in [2.24, 2.45) is 10.9 Å². The minimum atomic E-state index is -0.152. The summed E-state index contributed by atoms with van der Waals surface area (Å²) in [5.74, 6) is 1.43. The zero-order valence-electron chi connectivity index (χ0n) is 16.6. The molecule has 152 valence electrons. The zero-order valence-corrected chi connectivity index (χ0v) is 19.0. The van der Waals surface area contributed by atoms with Gasteiger partial charge in [-0.15, -0.1) is 24.0 Å². The summed E-state index contributed by atoms with van der Waals surface area (Å²) >= 11 is 0. The summed E-state index contributed by atoms with van der Waals surface area (Å²) in [5.41, 5.74) is 1.12. The molecule has 0 amide bonds. The largest absolute Gasteiger partial charge is 0.357 e. The van der Waals surface area contributed by atoms with E-state index in [0.717, 1.165) is 50.5 Å². The van der Waals surface area contributed by atoms with E-state index < -0.39 is 0 Å². The lowest BCUT2D eigenvalue weighted by Crippen LogP contribution is -2.44. The summed E-state index contributed by atoms with van der Waals surface area (Å²) in [6.45, 7) is 10.4. The Balaban J connectivity index is 0.00000261. The molecule has 27 heavy (non-hydrogen) atoms. The lowest BCUT2D eigenvalue weighted by molar-refractivity contribution is 0.183. The average Bonchev–Trinajstić information content (AvgIpc) is 3.45. The van der Waals surface area contributed by atoms with Crippen molar-refractivity contribution in [1.82, 2.24) is 15.5 Å². The smallest absolute Gasteiger partial charge is 0.191 e. The standard InChI is InChI=1S/C21H33FN4.HI/c1-3-23-20(24-14-17-7-6-12-26(4-2)15-17)25-16-21(10-11-21)18-8-5-9-19(22)13-18;/h5,8-9,13,17H,3-4,6-7,10-12,14-16H2,1-2H3,(H2,23,24,25);1H. The lowest BCUT2D eigenvalue weighted by Gasteiger charge is -2.32. The molecule has 0 aromatic heterocycles. The van der Waals surface area contributed by atoms with Gasteiger partial charge in [0, 0.05) is 25.0 Å². The number of piperidine rings is 1. The molecule has 1 aromatic carbocycles. The molecule has 1 unspecified atom stereocenters. The quantitative estimate of drug-likeness (QED) is 0.349. The van der Waals surface area contributed by atoms with Gasteiger partial charge in [0.2, 0.25) is 0 Å². The first kappa shape index (κ1) is 22.4. The molecule has 1 aromatic rings. The van der Waals surface area contributed by atoms with Crippen molar-refractivity contribution in [3.63, 3.8) is 0 Å². The summed E-state index contributed by atoms with van der Waals surface area (Å²) in [6, 6.07) is 7.02. The van der Waals surface area contributed by atoms with Crippen LogP contribution in [0.5, 0.6) is 0 Å². The van der Waals surface area contributed by atoms with Gasteiger partial charge in [0.05, 0.1) is 6.54 Å². The predicted octanol–water partition coefficient (Wildman–Crippen LogP) is 3.76. The molecule has 1 aliphatic heterocycles. The molecule has 1 saturated carbocycles. The highest BCUT2D eigenvalue weighted by Crippen LogP contribution is 2.48. The molecule has 3 rings (SSSR count). The van der Waals surface area contributed by atoms with E-state index >= 15 is 0 Å². The fourth-order valence-electron chi connectivity index (χ4n) is 3.93. The van der Waals surface area contributed by atoms with E-state index in [1.165, 1.54) is 32.0 Å². The molecule has 1 heterocycles. The fraction of sp³-hybridized carbons (Fsp3) is 0.667. The van der Waals surface area contributed by atoms with Crippen molar-refractivity contribution in [3.8, 4) is 0 Å². The Morgan fingerprint density at radius 3 is 2.78 bits per heavy atom. The van der Waals surface area contributed by atoms with Gasteiger partial charge in [0.1, 0.15) is 5.82 Å². The molecule has 1 aliphatic carbocycles. The van der Waals surface area contributed by atoms with Crippen LogP contribution in [0.1, 0.15) is 45.1 Å². The molecular formula is C21H34FIN4. The minimum absolute atomic E-state index is 0. The molecule has 0 spiro atoms. The number of hydrogen-bond donors (Lipinski definition) is 2. The van der Waals surface area contributed by atoms with Crippen LogP contribution in [0.2, 0.25) is 0 Å². The Hall–Kier alpha value is -0.890. The van der Waals surface area contributed by atoms with Crippen molar-refractivity contribution < 1.29 is 4.39 Å². The Kier molecular flexibility index (Phi) is 8.79. The summed E-state index contributed by atoms with van der Waals surface area (Å²) in [6.07, 6.45) is 4.76. The van der Waals surface area contributed by atoms with Crippen LogP contribution in [0.25, 0.3) is 0 Å². The number of halogens is 2. The Morgan fingerprint density at radius 2 is 2.11 bits per heavy atom. The maximum Gasteiger partial charge on any atom is 0.191 e. The highest BCUT2D eigenvalue weighted by Gasteiger charge is 2.44. The third-order valence-corrected chi connectivity index (χ3v) is 5.78. The topological polar surface area (TPSA) is 39.7 Å². The Bertz CT molecular complexity index is 618. The Morgan fingerprint density at radius 1 is 1.30 bits per heavy atom. The van der Waals surface area contributed by atoms with Crippen molar-refractivity contribution in [3.05, 3.63) is 35.6 Å². The first-order valence-corrected chi connectivity index (χ1v) is 10.2. The minimum Gasteiger partial charge on any atom is -0.357 e. The summed E-state index contributed by atoms with van der Waals surface area (Å²) in [5, 5.41) is 6.90. The number of rotatable bonds is 7. The van der Waals surface area contributed by atoms with Gasteiger partial charge in [-0.05, 0) is 69.3 Å². The summed E-state index contributed by atoms with van der Waals surface area (Å²) in [4.78, 5) is 7.37. The molecule has 0 radical (unpaired) electrons. The fourth-order valence-corrected chi connectivity index (χ4v) is 3.93. The van der Waals surface area contributed by atoms with Crippen LogP contribution in [0.15, 0.2) is 29.3 Å². The van der Waals surface area contributed by atoms with Gasteiger partial charge in [-0.2, -0.15) is 0 Å². The van der Waals surface area contributed by atoms with E-state index in [0.29, 0.717) is 5.92 Å². The second-order valence-electron chi connectivity index (χ2n) is 7.77. The summed E-state index contributed by atoms with van der Waals surface area (Å²) in [7, 11) is 0. The molecule has 0 bridgehead atoms. The van der Waals surface area contributed by atoms with Gasteiger partial charge in [0.25, 0.3) is 0 Å². The number of nitrogens with one attached hydrogen (secondary N) is 2. The van der Waals surface area contributed by atoms with Crippen LogP contribution < -0.4 is 10.6 Å². The first-order valence-electron chi connectivity index (χ1n) is 10.2. The van der Waals surface area contributed by atoms with E-state index in [2.05, 4.69) is 29.4 Å². The third-order valence-electron chi connectivity index (χ3n) is 5.78. The number of likely N-dealkylation sites (tertiary alicyclic amines) is 1. The molecular weight excluding hydrogens is 454 g/mol. The second-order valence-corrected chi connectivity index (χ2v) is 7.77. The van der Waals surface area contributed by atoms with Crippen LogP contribution in [0.4, 0.5) is 4.39 Å². The predicted molar refractivity (Wildman–Crippen MR) is 122 cm³/mol. The number of benzene rings is 1. The van der Waals surface area contributed by atoms with Crippen molar-refractivity contribution in [1.29, 1.82) is 0 Å². The lowest BCUT2D eigenvalue weighted by atomic mass is 9.96. The van der Waals surface area contributed by atoms with E-state index in [9.17, 15) is 4.39 Å². The molecule has 4 nitrogen and oxygen atoms in total. The number of aliphatic imine (C=N–C) groups is 1. The molecule has 2 aliphatic rings. The van der Waals surface area contributed by atoms with Gasteiger partial charge in [-0.1, -0.05) is 19.1 Å². The van der Waals surface area contributed by atoms with E-state index in [4.69, 9.17) is 4.99 Å². The first-order chi connectivity index (χ1) is 12.6. The maximum atomic E-state index is 13.6. The van der Waals surface area contributed by atoms with Gasteiger partial charge in [-0.25, -0.2) is 4.39 Å². The second kappa shape index (κ2) is 10.6. The highest BCUT2D eigenvalue weighted by molar-refractivity contribution is 14.0. The number of guanidine groups is 1. The molecule has 2 fully saturated rings. The Labute approximate surface area is 180 Å². The normalized spacial score (nSPS) is 22.0. The van der Waals surface area contributed by atoms with Crippen LogP contribution >= 0.6 is 24.0 Å². The van der Waals surface area contributed by atoms with E-state index in [1.54, 1.807) is 12.1 Å². The van der Waals surface area contributed by atoms with Crippen LogP contribution in [-0.4, -0.2) is 50.1 Å². The van der Waals surface area contributed by atoms with Crippen molar-refractivity contribution in [2.45, 2.75) is 44.9 Å². The zero-order chi connectivity index (χ0) is 18.4. The highest BCUT2D eigenvalue weighted by atomic mass is 127. The van der Waals surface area contributed by atoms with Gasteiger partial charge in [-0.3, -0.25) is 4.99 Å².